The maximum absolute atomic E-state index is 13.0. The molecule has 162 valence electrons. The molecule has 2 aromatic rings. The summed E-state index contributed by atoms with van der Waals surface area (Å²) in [6, 6.07) is 3.42. The molecule has 1 atom stereocenters. The number of phenols is 1. The van der Waals surface area contributed by atoms with Crippen molar-refractivity contribution in [3.8, 4) is 17.0 Å². The SMILES string of the molecule is CN1CCC[C@@H](N(C)c2nnc(-c3ccc(C(F)(F)F)cc3O)c3c2CCCC3)C1. The Morgan fingerprint density at radius 3 is 2.50 bits per heavy atom. The average Bonchev–Trinajstić information content (AvgIpc) is 2.72. The molecule has 1 fully saturated rings. The second-order valence-electron chi connectivity index (χ2n) is 8.44. The molecule has 1 aromatic heterocycles. The predicted octanol–water partition coefficient (Wildman–Crippen LogP) is 4.28. The molecular weight excluding hydrogens is 393 g/mol. The van der Waals surface area contributed by atoms with E-state index in [9.17, 15) is 18.3 Å². The molecule has 0 radical (unpaired) electrons. The number of hydrogen-bond acceptors (Lipinski definition) is 5. The molecule has 8 heteroatoms. The minimum absolute atomic E-state index is 0.306. The molecule has 1 aliphatic carbocycles. The number of likely N-dealkylation sites (tertiary alicyclic amines) is 1. The van der Waals surface area contributed by atoms with Crippen LogP contribution in [0.15, 0.2) is 18.2 Å². The van der Waals surface area contributed by atoms with Gasteiger partial charge in [-0.25, -0.2) is 0 Å². The molecule has 0 amide bonds. The molecule has 1 saturated heterocycles. The highest BCUT2D eigenvalue weighted by Crippen LogP contribution is 2.40. The monoisotopic (exact) mass is 420 g/mol. The van der Waals surface area contributed by atoms with Crippen molar-refractivity contribution in [1.29, 1.82) is 0 Å². The maximum Gasteiger partial charge on any atom is 0.416 e. The molecule has 1 aromatic carbocycles. The van der Waals surface area contributed by atoms with E-state index in [4.69, 9.17) is 0 Å². The Kier molecular flexibility index (Phi) is 5.61. The quantitative estimate of drug-likeness (QED) is 0.804. The van der Waals surface area contributed by atoms with Crippen molar-refractivity contribution in [2.24, 2.45) is 0 Å². The lowest BCUT2D eigenvalue weighted by atomic mass is 9.88. The Morgan fingerprint density at radius 1 is 1.10 bits per heavy atom. The number of fused-ring (bicyclic) bond motifs is 1. The van der Waals surface area contributed by atoms with Gasteiger partial charge in [0.05, 0.1) is 5.56 Å². The van der Waals surface area contributed by atoms with Gasteiger partial charge in [-0.15, -0.1) is 10.2 Å². The fraction of sp³-hybridized carbons (Fsp3) is 0.545. The largest absolute Gasteiger partial charge is 0.507 e. The number of rotatable bonds is 3. The molecule has 5 nitrogen and oxygen atoms in total. The number of halogens is 3. The van der Waals surface area contributed by atoms with Crippen molar-refractivity contribution in [2.45, 2.75) is 50.7 Å². The van der Waals surface area contributed by atoms with Gasteiger partial charge in [0.25, 0.3) is 0 Å². The minimum Gasteiger partial charge on any atom is -0.507 e. The Labute approximate surface area is 174 Å². The highest BCUT2D eigenvalue weighted by molar-refractivity contribution is 5.73. The van der Waals surface area contributed by atoms with E-state index in [0.29, 0.717) is 17.3 Å². The van der Waals surface area contributed by atoms with Crippen LogP contribution in [0.25, 0.3) is 11.3 Å². The summed E-state index contributed by atoms with van der Waals surface area (Å²) in [7, 11) is 4.18. The summed E-state index contributed by atoms with van der Waals surface area (Å²) in [4.78, 5) is 4.53. The van der Waals surface area contributed by atoms with Gasteiger partial charge in [-0.2, -0.15) is 13.2 Å². The summed E-state index contributed by atoms with van der Waals surface area (Å²) in [5.41, 5.74) is 2.04. The average molecular weight is 420 g/mol. The van der Waals surface area contributed by atoms with Crippen molar-refractivity contribution in [3.05, 3.63) is 34.9 Å². The lowest BCUT2D eigenvalue weighted by molar-refractivity contribution is -0.137. The lowest BCUT2D eigenvalue weighted by Gasteiger charge is -2.37. The number of aromatic hydroxyl groups is 1. The molecule has 2 heterocycles. The maximum atomic E-state index is 13.0. The second-order valence-corrected chi connectivity index (χ2v) is 8.44. The number of piperidine rings is 1. The number of alkyl halides is 3. The summed E-state index contributed by atoms with van der Waals surface area (Å²) >= 11 is 0. The zero-order valence-electron chi connectivity index (χ0n) is 17.3. The molecule has 2 aliphatic rings. The molecule has 0 unspecified atom stereocenters. The molecule has 0 spiro atoms. The van der Waals surface area contributed by atoms with Crippen molar-refractivity contribution in [2.75, 3.05) is 32.1 Å². The first-order chi connectivity index (χ1) is 14.3. The third-order valence-corrected chi connectivity index (χ3v) is 6.33. The molecule has 4 rings (SSSR count). The zero-order chi connectivity index (χ0) is 21.5. The van der Waals surface area contributed by atoms with Crippen molar-refractivity contribution in [1.82, 2.24) is 15.1 Å². The number of likely N-dealkylation sites (N-methyl/N-ethyl adjacent to an activating group) is 2. The predicted molar refractivity (Wildman–Crippen MR) is 110 cm³/mol. The molecular formula is C22H27F3N4O. The number of aromatic nitrogens is 2. The molecule has 0 saturated carbocycles. The normalized spacial score (nSPS) is 20.1. The van der Waals surface area contributed by atoms with E-state index in [1.807, 2.05) is 0 Å². The molecule has 0 bridgehead atoms. The van der Waals surface area contributed by atoms with Gasteiger partial charge in [0, 0.05) is 30.8 Å². The van der Waals surface area contributed by atoms with Crippen molar-refractivity contribution < 1.29 is 18.3 Å². The third-order valence-electron chi connectivity index (χ3n) is 6.33. The van der Waals surface area contributed by atoms with E-state index in [-0.39, 0.29) is 0 Å². The first-order valence-electron chi connectivity index (χ1n) is 10.5. The smallest absolute Gasteiger partial charge is 0.416 e. The van der Waals surface area contributed by atoms with Crippen LogP contribution in [0.4, 0.5) is 19.0 Å². The van der Waals surface area contributed by atoms with Crippen LogP contribution < -0.4 is 4.90 Å². The summed E-state index contributed by atoms with van der Waals surface area (Å²) in [5, 5.41) is 19.2. The number of phenolic OH excluding ortho intramolecular Hbond substituents is 1. The van der Waals surface area contributed by atoms with Gasteiger partial charge in [0.15, 0.2) is 5.82 Å². The van der Waals surface area contributed by atoms with Crippen LogP contribution in [0.2, 0.25) is 0 Å². The summed E-state index contributed by atoms with van der Waals surface area (Å²) in [6.07, 6.45) is 1.41. The van der Waals surface area contributed by atoms with Gasteiger partial charge < -0.3 is 14.9 Å². The zero-order valence-corrected chi connectivity index (χ0v) is 17.3. The summed E-state index contributed by atoms with van der Waals surface area (Å²) < 4.78 is 38.9. The molecule has 1 N–H and O–H groups in total. The Hall–Kier alpha value is -2.35. The van der Waals surface area contributed by atoms with Gasteiger partial charge in [-0.05, 0) is 75.9 Å². The van der Waals surface area contributed by atoms with Gasteiger partial charge >= 0.3 is 6.18 Å². The van der Waals surface area contributed by atoms with Crippen LogP contribution in [0.5, 0.6) is 5.75 Å². The Balaban J connectivity index is 1.73. The number of benzene rings is 1. The Bertz CT molecular complexity index is 931. The van der Waals surface area contributed by atoms with Crippen molar-refractivity contribution >= 4 is 5.82 Å². The fourth-order valence-electron chi connectivity index (χ4n) is 4.67. The van der Waals surface area contributed by atoms with E-state index in [1.54, 1.807) is 0 Å². The van der Waals surface area contributed by atoms with Crippen molar-refractivity contribution in [3.63, 3.8) is 0 Å². The summed E-state index contributed by atoms with van der Waals surface area (Å²) in [5.74, 6) is 0.446. The highest BCUT2D eigenvalue weighted by Gasteiger charge is 2.32. The highest BCUT2D eigenvalue weighted by atomic mass is 19.4. The second kappa shape index (κ2) is 8.06. The Morgan fingerprint density at radius 2 is 1.83 bits per heavy atom. The van der Waals surface area contributed by atoms with Gasteiger partial charge in [0.1, 0.15) is 11.4 Å². The topological polar surface area (TPSA) is 52.5 Å². The van der Waals surface area contributed by atoms with Gasteiger partial charge in [0.2, 0.25) is 0 Å². The third kappa shape index (κ3) is 3.97. The fourth-order valence-corrected chi connectivity index (χ4v) is 4.67. The molecule has 30 heavy (non-hydrogen) atoms. The van der Waals surface area contributed by atoms with Gasteiger partial charge in [-0.3, -0.25) is 0 Å². The van der Waals surface area contributed by atoms with E-state index in [1.165, 1.54) is 6.07 Å². The standard InChI is InChI=1S/C22H27F3N4O/c1-28-11-5-6-15(13-28)29(2)21-17-8-4-3-7-16(17)20(26-27-21)18-10-9-14(12-19(18)30)22(23,24)25/h9-10,12,15,30H,3-8,11,13H2,1-2H3/t15-/m1/s1. The number of hydrogen-bond donors (Lipinski definition) is 1. The molecule has 1 aliphatic heterocycles. The first kappa shape index (κ1) is 20.9. The van der Waals surface area contributed by atoms with Crippen LogP contribution in [-0.2, 0) is 19.0 Å². The van der Waals surface area contributed by atoms with E-state index >= 15 is 0 Å². The van der Waals surface area contributed by atoms with Crippen LogP contribution in [0.1, 0.15) is 42.4 Å². The lowest BCUT2D eigenvalue weighted by Crippen LogP contribution is -2.45. The van der Waals surface area contributed by atoms with Crippen LogP contribution in [0.3, 0.4) is 0 Å². The van der Waals surface area contributed by atoms with Crippen LogP contribution in [-0.4, -0.2) is 53.4 Å². The van der Waals surface area contributed by atoms with E-state index in [0.717, 1.165) is 80.7 Å². The number of anilines is 1. The van der Waals surface area contributed by atoms with Crippen LogP contribution in [0, 0.1) is 0 Å². The van der Waals surface area contributed by atoms with Crippen LogP contribution >= 0.6 is 0 Å². The number of nitrogens with zero attached hydrogens (tertiary/aromatic N) is 4. The first-order valence-corrected chi connectivity index (χ1v) is 10.5. The summed E-state index contributed by atoms with van der Waals surface area (Å²) in [6.45, 7) is 2.06. The van der Waals surface area contributed by atoms with Gasteiger partial charge in [-0.1, -0.05) is 0 Å². The van der Waals surface area contributed by atoms with E-state index < -0.39 is 17.5 Å². The minimum atomic E-state index is -4.50. The van der Waals surface area contributed by atoms with E-state index in [2.05, 4.69) is 34.1 Å².